The zero-order chi connectivity index (χ0) is 22.5. The first-order valence-corrected chi connectivity index (χ1v) is 10.9. The Kier molecular flexibility index (Phi) is 11.5. The van der Waals surface area contributed by atoms with E-state index in [1.807, 2.05) is 18.2 Å². The maximum absolute atomic E-state index is 10.8. The molecule has 0 aromatic heterocycles. The molecule has 0 unspecified atom stereocenters. The van der Waals surface area contributed by atoms with Crippen LogP contribution in [0.15, 0.2) is 42.5 Å². The Labute approximate surface area is 183 Å². The fraction of sp³-hybridized carbons (Fsp3) is 0.542. The molecule has 2 aromatic rings. The Morgan fingerprint density at radius 2 is 1.48 bits per heavy atom. The van der Waals surface area contributed by atoms with Gasteiger partial charge in [-0.1, -0.05) is 56.0 Å². The van der Waals surface area contributed by atoms with Gasteiger partial charge in [0.1, 0.15) is 30.2 Å². The molecule has 0 aliphatic carbocycles. The highest BCUT2D eigenvalue weighted by molar-refractivity contribution is 5.83. The van der Waals surface area contributed by atoms with Gasteiger partial charge in [-0.2, -0.15) is 0 Å². The van der Waals surface area contributed by atoms with Crippen molar-refractivity contribution < 1.29 is 34.7 Å². The Morgan fingerprint density at radius 1 is 0.839 bits per heavy atom. The van der Waals surface area contributed by atoms with E-state index >= 15 is 0 Å². The average Bonchev–Trinajstić information content (AvgIpc) is 2.81. The van der Waals surface area contributed by atoms with Crippen LogP contribution in [0.5, 0.6) is 5.75 Å². The monoisotopic (exact) mass is 434 g/mol. The normalized spacial score (nSPS) is 15.4. The van der Waals surface area contributed by atoms with Crippen molar-refractivity contribution in [3.8, 4) is 5.75 Å². The van der Waals surface area contributed by atoms with E-state index in [1.54, 1.807) is 0 Å². The summed E-state index contributed by atoms with van der Waals surface area (Å²) in [6.07, 6.45) is 0.152. The minimum atomic E-state index is -1.56. The van der Waals surface area contributed by atoms with Crippen LogP contribution in [0.4, 0.5) is 0 Å². The molecular formula is C24H34O7. The number of fused-ring (bicyclic) bond motifs is 1. The maximum Gasteiger partial charge on any atom is 0.151 e. The van der Waals surface area contributed by atoms with Gasteiger partial charge in [-0.15, -0.1) is 0 Å². The standard InChI is InChI=1S/C24H34O7/c25-16-21(27)23(29)24(22(28)17-26)31-14-8-4-2-1-3-7-13-30-20-12-11-18-9-5-6-10-19(18)15-20/h5-6,9-12,15,17,21-25,27-29H,1-4,7-8,13-14,16H2/t21-,22+,23-,24-/m1/s1. The van der Waals surface area contributed by atoms with Crippen molar-refractivity contribution in [2.45, 2.75) is 62.9 Å². The lowest BCUT2D eigenvalue weighted by molar-refractivity contribution is -0.150. The van der Waals surface area contributed by atoms with Crippen LogP contribution in [-0.4, -0.2) is 70.9 Å². The van der Waals surface area contributed by atoms with Crippen LogP contribution in [0.2, 0.25) is 0 Å². The molecule has 0 aliphatic rings. The summed E-state index contributed by atoms with van der Waals surface area (Å²) in [4.78, 5) is 10.8. The van der Waals surface area contributed by atoms with Gasteiger partial charge in [-0.3, -0.25) is 0 Å². The molecule has 0 aliphatic heterocycles. The highest BCUT2D eigenvalue weighted by Gasteiger charge is 2.32. The first-order chi connectivity index (χ1) is 15.1. The van der Waals surface area contributed by atoms with Crippen LogP contribution in [0.25, 0.3) is 10.8 Å². The van der Waals surface area contributed by atoms with E-state index in [0.717, 1.165) is 37.9 Å². The molecule has 0 heterocycles. The maximum atomic E-state index is 10.8. The molecule has 0 fully saturated rings. The second-order valence-corrected chi connectivity index (χ2v) is 7.68. The summed E-state index contributed by atoms with van der Waals surface area (Å²) in [5, 5.41) is 40.3. The summed E-state index contributed by atoms with van der Waals surface area (Å²) in [7, 11) is 0. The van der Waals surface area contributed by atoms with Gasteiger partial charge < -0.3 is 34.7 Å². The number of hydrogen-bond donors (Lipinski definition) is 4. The van der Waals surface area contributed by atoms with Crippen molar-refractivity contribution in [2.24, 2.45) is 0 Å². The molecule has 0 radical (unpaired) electrons. The van der Waals surface area contributed by atoms with Gasteiger partial charge in [0.05, 0.1) is 13.2 Å². The summed E-state index contributed by atoms with van der Waals surface area (Å²) in [5.74, 6) is 0.886. The SMILES string of the molecule is O=C[C@H](O)[C@@H](OCCCCCCCCOc1ccc2ccccc2c1)[C@H](O)[C@H](O)CO. The van der Waals surface area contributed by atoms with E-state index < -0.39 is 31.0 Å². The van der Waals surface area contributed by atoms with Crippen molar-refractivity contribution in [3.05, 3.63) is 42.5 Å². The van der Waals surface area contributed by atoms with Crippen LogP contribution >= 0.6 is 0 Å². The summed E-state index contributed by atoms with van der Waals surface area (Å²) in [6.45, 7) is 0.241. The van der Waals surface area contributed by atoms with Crippen LogP contribution in [0, 0.1) is 0 Å². The molecule has 0 spiro atoms. The molecule has 31 heavy (non-hydrogen) atoms. The summed E-state index contributed by atoms with van der Waals surface area (Å²) < 4.78 is 11.2. The lowest BCUT2D eigenvalue weighted by Crippen LogP contribution is -2.48. The Bertz CT molecular complexity index is 766. The molecule has 172 valence electrons. The topological polar surface area (TPSA) is 116 Å². The number of benzene rings is 2. The number of carbonyl (C=O) groups is 1. The number of ether oxygens (including phenoxy) is 2. The van der Waals surface area contributed by atoms with Crippen molar-refractivity contribution in [1.82, 2.24) is 0 Å². The van der Waals surface area contributed by atoms with Crippen molar-refractivity contribution in [3.63, 3.8) is 0 Å². The fourth-order valence-corrected chi connectivity index (χ4v) is 3.38. The third-order valence-corrected chi connectivity index (χ3v) is 5.23. The Morgan fingerprint density at radius 3 is 2.16 bits per heavy atom. The second kappa shape index (κ2) is 14.1. The molecular weight excluding hydrogens is 400 g/mol. The van der Waals surface area contributed by atoms with Crippen molar-refractivity contribution in [1.29, 1.82) is 0 Å². The Balaban J connectivity index is 1.54. The number of unbranched alkanes of at least 4 members (excludes halogenated alkanes) is 5. The molecule has 0 saturated heterocycles. The first kappa shape index (κ1) is 25.2. The zero-order valence-corrected chi connectivity index (χ0v) is 17.8. The number of aliphatic hydroxyl groups is 4. The highest BCUT2D eigenvalue weighted by atomic mass is 16.5. The minimum Gasteiger partial charge on any atom is -0.494 e. The summed E-state index contributed by atoms with van der Waals surface area (Å²) in [6, 6.07) is 14.3. The Hall–Kier alpha value is -2.03. The number of aliphatic hydroxyl groups excluding tert-OH is 4. The molecule has 0 bridgehead atoms. The number of hydrogen-bond acceptors (Lipinski definition) is 7. The molecule has 7 nitrogen and oxygen atoms in total. The second-order valence-electron chi connectivity index (χ2n) is 7.68. The van der Waals surface area contributed by atoms with Gasteiger partial charge in [0.15, 0.2) is 6.29 Å². The lowest BCUT2D eigenvalue weighted by Gasteiger charge is -2.27. The highest BCUT2D eigenvalue weighted by Crippen LogP contribution is 2.21. The number of carbonyl (C=O) groups excluding carboxylic acids is 1. The summed E-state index contributed by atoms with van der Waals surface area (Å²) >= 11 is 0. The van der Waals surface area contributed by atoms with Crippen LogP contribution in [0.1, 0.15) is 38.5 Å². The molecule has 2 rings (SSSR count). The van der Waals surface area contributed by atoms with Gasteiger partial charge >= 0.3 is 0 Å². The van der Waals surface area contributed by atoms with E-state index in [9.17, 15) is 20.1 Å². The van der Waals surface area contributed by atoms with E-state index in [2.05, 4.69) is 24.3 Å². The molecule has 4 atom stereocenters. The molecule has 0 amide bonds. The van der Waals surface area contributed by atoms with Gasteiger partial charge in [0, 0.05) is 6.61 Å². The molecule has 0 saturated carbocycles. The van der Waals surface area contributed by atoms with Gasteiger partial charge in [-0.05, 0) is 35.7 Å². The van der Waals surface area contributed by atoms with E-state index in [0.29, 0.717) is 13.0 Å². The van der Waals surface area contributed by atoms with Crippen LogP contribution < -0.4 is 4.74 Å². The predicted molar refractivity (Wildman–Crippen MR) is 118 cm³/mol. The smallest absolute Gasteiger partial charge is 0.151 e. The first-order valence-electron chi connectivity index (χ1n) is 10.9. The van der Waals surface area contributed by atoms with Crippen LogP contribution in [-0.2, 0) is 9.53 Å². The average molecular weight is 435 g/mol. The van der Waals surface area contributed by atoms with Crippen molar-refractivity contribution >= 4 is 17.1 Å². The largest absolute Gasteiger partial charge is 0.494 e. The van der Waals surface area contributed by atoms with Crippen molar-refractivity contribution in [2.75, 3.05) is 19.8 Å². The van der Waals surface area contributed by atoms with Gasteiger partial charge in [0.2, 0.25) is 0 Å². The zero-order valence-electron chi connectivity index (χ0n) is 17.8. The van der Waals surface area contributed by atoms with Gasteiger partial charge in [-0.25, -0.2) is 0 Å². The molecule has 7 heteroatoms. The fourth-order valence-electron chi connectivity index (χ4n) is 3.38. The predicted octanol–water partition coefficient (Wildman–Crippen LogP) is 2.22. The quantitative estimate of drug-likeness (QED) is 0.236. The third-order valence-electron chi connectivity index (χ3n) is 5.23. The molecule has 2 aromatic carbocycles. The van der Waals surface area contributed by atoms with E-state index in [4.69, 9.17) is 14.6 Å². The van der Waals surface area contributed by atoms with Gasteiger partial charge in [0.25, 0.3) is 0 Å². The van der Waals surface area contributed by atoms with E-state index in [1.165, 1.54) is 10.8 Å². The third kappa shape index (κ3) is 8.55. The minimum absolute atomic E-state index is 0.246. The summed E-state index contributed by atoms with van der Waals surface area (Å²) in [5.41, 5.74) is 0. The molecule has 4 N–H and O–H groups in total. The van der Waals surface area contributed by atoms with Crippen LogP contribution in [0.3, 0.4) is 0 Å². The van der Waals surface area contributed by atoms with E-state index in [-0.39, 0.29) is 12.9 Å². The number of aldehydes is 1. The lowest BCUT2D eigenvalue weighted by atomic mass is 10.0. The number of rotatable bonds is 16.